The number of anilines is 1. The van der Waals surface area contributed by atoms with Crippen LogP contribution >= 0.6 is 11.8 Å². The lowest BCUT2D eigenvalue weighted by Crippen LogP contribution is -2.34. The number of nitrogens with one attached hydrogen (secondary N) is 1. The maximum atomic E-state index is 13.1. The van der Waals surface area contributed by atoms with Gasteiger partial charge in [0.05, 0.1) is 47.9 Å². The molecular formula is C31H30F2N6O5S2. The normalized spacial score (nSPS) is 17.1. The van der Waals surface area contributed by atoms with Gasteiger partial charge in [-0.3, -0.25) is 4.79 Å². The molecule has 0 spiro atoms. The van der Waals surface area contributed by atoms with Gasteiger partial charge in [0.2, 0.25) is 0 Å². The Hall–Kier alpha value is -4.52. The molecule has 1 aliphatic rings. The summed E-state index contributed by atoms with van der Waals surface area (Å²) in [5.41, 5.74) is 2.33. The van der Waals surface area contributed by atoms with Gasteiger partial charge in [0.15, 0.2) is 9.84 Å². The molecule has 4 aromatic rings. The van der Waals surface area contributed by atoms with Crippen molar-refractivity contribution < 1.29 is 31.5 Å². The first-order valence-electron chi connectivity index (χ1n) is 14.2. The fourth-order valence-electron chi connectivity index (χ4n) is 5.07. The highest BCUT2D eigenvalue weighted by atomic mass is 32.2. The minimum absolute atomic E-state index is 0.0418. The zero-order valence-corrected chi connectivity index (χ0v) is 26.2. The smallest absolute Gasteiger partial charge is 0.345 e. The molecule has 0 saturated carbocycles. The van der Waals surface area contributed by atoms with E-state index >= 15 is 0 Å². The summed E-state index contributed by atoms with van der Waals surface area (Å²) >= 11 is 0.824. The zero-order valence-electron chi connectivity index (χ0n) is 24.6. The van der Waals surface area contributed by atoms with Crippen molar-refractivity contribution in [1.29, 1.82) is 5.26 Å². The van der Waals surface area contributed by atoms with E-state index in [2.05, 4.69) is 20.3 Å². The van der Waals surface area contributed by atoms with Crippen molar-refractivity contribution in [2.24, 2.45) is 0 Å². The molecule has 5 rings (SSSR count). The Morgan fingerprint density at radius 1 is 1.04 bits per heavy atom. The molecule has 2 heterocycles. The molecule has 0 radical (unpaired) electrons. The SMILES string of the molecule is CCS(=O)(=O)c1ccc([C@@H](NC(=O)c2ccc(N3C[C@@H](Oc4ccc(-n5nccn5)cc4)C[C@H]3COC(F)F)cc2)SC#N)cc1. The third-order valence-corrected chi connectivity index (χ3v) is 9.88. The third kappa shape index (κ3) is 8.00. The van der Waals surface area contributed by atoms with Gasteiger partial charge in [-0.1, -0.05) is 19.1 Å². The molecule has 1 N–H and O–H groups in total. The van der Waals surface area contributed by atoms with Gasteiger partial charge in [-0.25, -0.2) is 8.42 Å². The van der Waals surface area contributed by atoms with E-state index in [1.54, 1.807) is 67.8 Å². The number of hydrogen-bond acceptors (Lipinski definition) is 10. The maximum absolute atomic E-state index is 13.1. The fraction of sp³-hybridized carbons (Fsp3) is 0.290. The number of ether oxygens (including phenoxy) is 2. The topological polar surface area (TPSA) is 139 Å². The van der Waals surface area contributed by atoms with Crippen molar-refractivity contribution in [3.05, 3.63) is 96.3 Å². The van der Waals surface area contributed by atoms with Crippen LogP contribution in [0.4, 0.5) is 14.5 Å². The van der Waals surface area contributed by atoms with Gasteiger partial charge in [0.1, 0.15) is 22.6 Å². The summed E-state index contributed by atoms with van der Waals surface area (Å²) in [7, 11) is -3.39. The number of carbonyl (C=O) groups is 1. The average Bonchev–Trinajstić information content (AvgIpc) is 3.75. The number of amides is 1. The minimum atomic E-state index is -3.39. The average molecular weight is 669 g/mol. The summed E-state index contributed by atoms with van der Waals surface area (Å²) in [5, 5.41) is 21.6. The molecule has 11 nitrogen and oxygen atoms in total. The summed E-state index contributed by atoms with van der Waals surface area (Å²) in [6, 6.07) is 19.5. The molecular weight excluding hydrogens is 639 g/mol. The summed E-state index contributed by atoms with van der Waals surface area (Å²) in [6.45, 7) is -1.17. The predicted molar refractivity (Wildman–Crippen MR) is 168 cm³/mol. The number of carbonyl (C=O) groups excluding carboxylic acids is 1. The van der Waals surface area contributed by atoms with Gasteiger partial charge >= 0.3 is 6.61 Å². The van der Waals surface area contributed by atoms with Crippen LogP contribution in [0.2, 0.25) is 0 Å². The van der Waals surface area contributed by atoms with Gasteiger partial charge in [-0.05, 0) is 78.0 Å². The lowest BCUT2D eigenvalue weighted by atomic mass is 10.1. The number of aromatic nitrogens is 3. The van der Waals surface area contributed by atoms with Crippen LogP contribution in [0.3, 0.4) is 0 Å². The number of thiocyanates is 1. The molecule has 240 valence electrons. The van der Waals surface area contributed by atoms with E-state index in [0.717, 1.165) is 17.4 Å². The van der Waals surface area contributed by atoms with Gasteiger partial charge in [0.25, 0.3) is 5.91 Å². The van der Waals surface area contributed by atoms with Crippen molar-refractivity contribution in [2.75, 3.05) is 23.8 Å². The van der Waals surface area contributed by atoms with Crippen molar-refractivity contribution in [3.63, 3.8) is 0 Å². The van der Waals surface area contributed by atoms with Crippen molar-refractivity contribution in [1.82, 2.24) is 20.3 Å². The highest BCUT2D eigenvalue weighted by molar-refractivity contribution is 8.03. The van der Waals surface area contributed by atoms with Crippen molar-refractivity contribution in [3.8, 4) is 16.8 Å². The molecule has 0 bridgehead atoms. The number of thioether (sulfide) groups is 1. The first-order valence-corrected chi connectivity index (χ1v) is 16.8. The Balaban J connectivity index is 1.26. The van der Waals surface area contributed by atoms with Crippen LogP contribution in [0.25, 0.3) is 5.69 Å². The number of nitrogens with zero attached hydrogens (tertiary/aromatic N) is 5. The molecule has 0 unspecified atom stereocenters. The summed E-state index contributed by atoms with van der Waals surface area (Å²) in [4.78, 5) is 16.7. The fourth-order valence-corrected chi connectivity index (χ4v) is 6.52. The Morgan fingerprint density at radius 2 is 1.70 bits per heavy atom. The molecule has 1 fully saturated rings. The van der Waals surface area contributed by atoms with E-state index in [0.29, 0.717) is 35.5 Å². The third-order valence-electron chi connectivity index (χ3n) is 7.40. The lowest BCUT2D eigenvalue weighted by Gasteiger charge is -2.26. The van der Waals surface area contributed by atoms with Crippen molar-refractivity contribution in [2.45, 2.75) is 42.4 Å². The van der Waals surface area contributed by atoms with E-state index in [1.807, 2.05) is 22.4 Å². The second-order valence-electron chi connectivity index (χ2n) is 10.3. The molecule has 0 aliphatic carbocycles. The van der Waals surface area contributed by atoms with Crippen LogP contribution in [0.5, 0.6) is 5.75 Å². The summed E-state index contributed by atoms with van der Waals surface area (Å²) < 4.78 is 61.0. The number of hydrogen-bond donors (Lipinski definition) is 1. The summed E-state index contributed by atoms with van der Waals surface area (Å²) in [6.07, 6.45) is 3.27. The van der Waals surface area contributed by atoms with Crippen LogP contribution in [0.15, 0.2) is 90.1 Å². The van der Waals surface area contributed by atoms with E-state index in [4.69, 9.17) is 4.74 Å². The molecule has 1 aromatic heterocycles. The van der Waals surface area contributed by atoms with Gasteiger partial charge < -0.3 is 19.7 Å². The number of rotatable bonds is 13. The molecule has 3 atom stereocenters. The molecule has 46 heavy (non-hydrogen) atoms. The van der Waals surface area contributed by atoms with E-state index in [1.165, 1.54) is 16.9 Å². The van der Waals surface area contributed by atoms with Gasteiger partial charge in [0, 0.05) is 17.7 Å². The van der Waals surface area contributed by atoms with Gasteiger partial charge in [-0.2, -0.15) is 29.0 Å². The first-order chi connectivity index (χ1) is 22.2. The standard InChI is InChI=1S/C31H30F2N6O5S2/c1-2-46(41,42)28-13-5-22(6-14-28)30(45-20-34)37-29(40)21-3-7-23(8-4-21)38-18-27(17-25(38)19-43-31(32)33)44-26-11-9-24(10-12-26)39-35-15-16-36-39/h3-16,25,27,30-31H,2,17-19H2,1H3,(H,37,40)/t25-,27-,30-/m0/s1. The number of benzene rings is 3. The van der Waals surface area contributed by atoms with E-state index in [9.17, 15) is 27.3 Å². The Labute approximate surface area is 269 Å². The number of alkyl halides is 2. The van der Waals surface area contributed by atoms with E-state index in [-0.39, 0.29) is 23.4 Å². The highest BCUT2D eigenvalue weighted by Gasteiger charge is 2.34. The Bertz CT molecular complexity index is 1750. The molecule has 1 amide bonds. The molecule has 3 aromatic carbocycles. The number of halogens is 2. The monoisotopic (exact) mass is 668 g/mol. The van der Waals surface area contributed by atoms with E-state index < -0.39 is 33.8 Å². The predicted octanol–water partition coefficient (Wildman–Crippen LogP) is 4.97. The molecule has 1 aliphatic heterocycles. The van der Waals surface area contributed by atoms with Crippen LogP contribution in [-0.4, -0.2) is 67.0 Å². The number of nitriles is 1. The van der Waals surface area contributed by atoms with Crippen LogP contribution in [-0.2, 0) is 14.6 Å². The summed E-state index contributed by atoms with van der Waals surface area (Å²) in [5.74, 6) is 0.119. The van der Waals surface area contributed by atoms with Gasteiger partial charge in [-0.15, -0.1) is 0 Å². The maximum Gasteiger partial charge on any atom is 0.345 e. The number of sulfone groups is 1. The zero-order chi connectivity index (χ0) is 32.7. The lowest BCUT2D eigenvalue weighted by molar-refractivity contribution is -0.131. The Kier molecular flexibility index (Phi) is 10.5. The highest BCUT2D eigenvalue weighted by Crippen LogP contribution is 2.31. The largest absolute Gasteiger partial charge is 0.489 e. The second-order valence-corrected chi connectivity index (χ2v) is 13.4. The Morgan fingerprint density at radius 3 is 2.30 bits per heavy atom. The molecule has 15 heteroatoms. The first kappa shape index (κ1) is 32.9. The van der Waals surface area contributed by atoms with Crippen LogP contribution < -0.4 is 15.0 Å². The quantitative estimate of drug-likeness (QED) is 0.153. The molecule has 1 saturated heterocycles. The van der Waals surface area contributed by atoms with Crippen LogP contribution in [0, 0.1) is 10.7 Å². The van der Waals surface area contributed by atoms with Crippen molar-refractivity contribution >= 4 is 33.2 Å². The van der Waals surface area contributed by atoms with Crippen LogP contribution in [0.1, 0.15) is 34.6 Å². The minimum Gasteiger partial charge on any atom is -0.489 e. The second kappa shape index (κ2) is 14.7.